The van der Waals surface area contributed by atoms with E-state index < -0.39 is 0 Å². The molecule has 0 aromatic carbocycles. The summed E-state index contributed by atoms with van der Waals surface area (Å²) in [4.78, 5) is 4.28. The number of aromatic nitrogens is 5. The lowest BCUT2D eigenvalue weighted by Gasteiger charge is -2.09. The number of rotatable bonds is 6. The van der Waals surface area contributed by atoms with Crippen LogP contribution in [-0.2, 0) is 6.54 Å². The number of hydrogen-bond acceptors (Lipinski definition) is 6. The van der Waals surface area contributed by atoms with E-state index in [1.165, 1.54) is 0 Å². The van der Waals surface area contributed by atoms with E-state index in [4.69, 9.17) is 4.74 Å². The Morgan fingerprint density at radius 2 is 2.00 bits per heavy atom. The summed E-state index contributed by atoms with van der Waals surface area (Å²) in [6, 6.07) is 9.52. The van der Waals surface area contributed by atoms with Gasteiger partial charge in [-0.05, 0) is 44.5 Å². The molecule has 7 nitrogen and oxygen atoms in total. The zero-order valence-corrected chi connectivity index (χ0v) is 14.0. The van der Waals surface area contributed by atoms with Gasteiger partial charge in [-0.1, -0.05) is 6.07 Å². The minimum atomic E-state index is 0.119. The Morgan fingerprint density at radius 3 is 2.58 bits per heavy atom. The Balaban J connectivity index is 1.58. The number of anilines is 1. The zero-order valence-electron chi connectivity index (χ0n) is 14.0. The van der Waals surface area contributed by atoms with Crippen LogP contribution in [0.2, 0.25) is 0 Å². The van der Waals surface area contributed by atoms with Crippen molar-refractivity contribution in [1.82, 2.24) is 25.0 Å². The topological polar surface area (TPSA) is 77.8 Å². The van der Waals surface area contributed by atoms with Crippen LogP contribution in [0.3, 0.4) is 0 Å². The first-order valence-electron chi connectivity index (χ1n) is 7.82. The van der Waals surface area contributed by atoms with Gasteiger partial charge in [-0.15, -0.1) is 10.2 Å². The average molecular weight is 324 g/mol. The Hall–Kier alpha value is -2.96. The molecule has 3 aromatic heterocycles. The van der Waals surface area contributed by atoms with E-state index in [0.717, 1.165) is 11.3 Å². The molecule has 7 heteroatoms. The lowest BCUT2D eigenvalue weighted by Crippen LogP contribution is -2.08. The van der Waals surface area contributed by atoms with Crippen molar-refractivity contribution in [2.24, 2.45) is 0 Å². The summed E-state index contributed by atoms with van der Waals surface area (Å²) in [5.74, 6) is 2.02. The van der Waals surface area contributed by atoms with E-state index >= 15 is 0 Å². The molecule has 0 aliphatic heterocycles. The molecule has 3 heterocycles. The predicted octanol–water partition coefficient (Wildman–Crippen LogP) is 2.77. The molecule has 1 N–H and O–H groups in total. The SMILES string of the molecule is Cc1ccn(-c2ccc(NCc3ccc(OC(C)C)nc3)nn2)n1. The van der Waals surface area contributed by atoms with Crippen LogP contribution in [0.4, 0.5) is 5.82 Å². The third-order valence-corrected chi connectivity index (χ3v) is 3.24. The summed E-state index contributed by atoms with van der Waals surface area (Å²) < 4.78 is 7.22. The standard InChI is InChI=1S/C17H20N6O/c1-12(2)24-17-7-4-14(11-19-17)10-18-15-5-6-16(21-20-15)23-9-8-13(3)22-23/h4-9,11-12H,10H2,1-3H3,(H,18,20). The van der Waals surface area contributed by atoms with Gasteiger partial charge in [-0.25, -0.2) is 9.67 Å². The average Bonchev–Trinajstić information content (AvgIpc) is 3.01. The highest BCUT2D eigenvalue weighted by molar-refractivity contribution is 5.37. The quantitative estimate of drug-likeness (QED) is 0.751. The molecule has 0 aliphatic rings. The van der Waals surface area contributed by atoms with Gasteiger partial charge < -0.3 is 10.1 Å². The fourth-order valence-corrected chi connectivity index (χ4v) is 2.10. The third kappa shape index (κ3) is 4.07. The molecule has 0 saturated carbocycles. The molecule has 0 aliphatic carbocycles. The van der Waals surface area contributed by atoms with Crippen LogP contribution < -0.4 is 10.1 Å². The van der Waals surface area contributed by atoms with Crippen molar-refractivity contribution < 1.29 is 4.74 Å². The van der Waals surface area contributed by atoms with E-state index in [-0.39, 0.29) is 6.10 Å². The molecular formula is C17H20N6O. The number of hydrogen-bond donors (Lipinski definition) is 1. The number of aryl methyl sites for hydroxylation is 1. The van der Waals surface area contributed by atoms with Gasteiger partial charge in [0.2, 0.25) is 5.88 Å². The van der Waals surface area contributed by atoms with Gasteiger partial charge in [0.05, 0.1) is 11.8 Å². The number of pyridine rings is 1. The normalized spacial score (nSPS) is 10.8. The van der Waals surface area contributed by atoms with E-state index in [1.54, 1.807) is 10.9 Å². The molecule has 0 atom stereocenters. The van der Waals surface area contributed by atoms with Crippen molar-refractivity contribution in [1.29, 1.82) is 0 Å². The maximum Gasteiger partial charge on any atom is 0.213 e. The fraction of sp³-hybridized carbons (Fsp3) is 0.294. The van der Waals surface area contributed by atoms with Crippen molar-refractivity contribution in [2.75, 3.05) is 5.32 Å². The first kappa shape index (κ1) is 15.9. The van der Waals surface area contributed by atoms with Crippen LogP contribution >= 0.6 is 0 Å². The molecule has 0 unspecified atom stereocenters. The van der Waals surface area contributed by atoms with Gasteiger partial charge in [-0.2, -0.15) is 5.10 Å². The van der Waals surface area contributed by atoms with E-state index in [2.05, 4.69) is 25.6 Å². The molecule has 0 bridgehead atoms. The highest BCUT2D eigenvalue weighted by Crippen LogP contribution is 2.12. The molecule has 3 rings (SSSR count). The fourth-order valence-electron chi connectivity index (χ4n) is 2.10. The predicted molar refractivity (Wildman–Crippen MR) is 91.2 cm³/mol. The molecule has 0 radical (unpaired) electrons. The monoisotopic (exact) mass is 324 g/mol. The second-order valence-electron chi connectivity index (χ2n) is 5.70. The maximum atomic E-state index is 5.53. The molecule has 0 saturated heterocycles. The number of ether oxygens (including phenoxy) is 1. The van der Waals surface area contributed by atoms with Crippen LogP contribution in [0.25, 0.3) is 5.82 Å². The minimum Gasteiger partial charge on any atom is -0.475 e. The van der Waals surface area contributed by atoms with Crippen LogP contribution in [-0.4, -0.2) is 31.1 Å². The summed E-state index contributed by atoms with van der Waals surface area (Å²) in [6.45, 7) is 6.50. The van der Waals surface area contributed by atoms with Crippen LogP contribution in [0.1, 0.15) is 25.1 Å². The molecule has 0 spiro atoms. The van der Waals surface area contributed by atoms with Crippen molar-refractivity contribution in [3.8, 4) is 11.7 Å². The van der Waals surface area contributed by atoms with Crippen molar-refractivity contribution in [3.05, 3.63) is 54.0 Å². The molecular weight excluding hydrogens is 304 g/mol. The summed E-state index contributed by atoms with van der Waals surface area (Å²) in [5.41, 5.74) is 1.98. The molecule has 24 heavy (non-hydrogen) atoms. The Morgan fingerprint density at radius 1 is 1.12 bits per heavy atom. The number of nitrogens with zero attached hydrogens (tertiary/aromatic N) is 5. The van der Waals surface area contributed by atoms with Crippen LogP contribution in [0, 0.1) is 6.92 Å². The van der Waals surface area contributed by atoms with Crippen LogP contribution in [0.15, 0.2) is 42.7 Å². The molecule has 3 aromatic rings. The Kier molecular flexibility index (Phi) is 4.69. The van der Waals surface area contributed by atoms with Crippen LogP contribution in [0.5, 0.6) is 5.88 Å². The van der Waals surface area contributed by atoms with E-state index in [9.17, 15) is 0 Å². The highest BCUT2D eigenvalue weighted by atomic mass is 16.5. The minimum absolute atomic E-state index is 0.119. The van der Waals surface area contributed by atoms with E-state index in [0.29, 0.717) is 24.1 Å². The first-order valence-corrected chi connectivity index (χ1v) is 7.82. The summed E-state index contributed by atoms with van der Waals surface area (Å²) in [7, 11) is 0. The maximum absolute atomic E-state index is 5.53. The highest BCUT2D eigenvalue weighted by Gasteiger charge is 2.03. The largest absolute Gasteiger partial charge is 0.475 e. The summed E-state index contributed by atoms with van der Waals surface area (Å²) in [6.07, 6.45) is 3.77. The van der Waals surface area contributed by atoms with Gasteiger partial charge >= 0.3 is 0 Å². The summed E-state index contributed by atoms with van der Waals surface area (Å²) in [5, 5.41) is 15.9. The molecule has 0 amide bonds. The smallest absolute Gasteiger partial charge is 0.213 e. The Labute approximate surface area is 140 Å². The van der Waals surface area contributed by atoms with Gasteiger partial charge in [-0.3, -0.25) is 0 Å². The van der Waals surface area contributed by atoms with Gasteiger partial charge in [0.1, 0.15) is 5.82 Å². The Bertz CT molecular complexity index is 780. The van der Waals surface area contributed by atoms with Crippen molar-refractivity contribution in [3.63, 3.8) is 0 Å². The molecule has 124 valence electrons. The number of nitrogens with one attached hydrogen (secondary N) is 1. The zero-order chi connectivity index (χ0) is 16.9. The van der Waals surface area contributed by atoms with Crippen molar-refractivity contribution in [2.45, 2.75) is 33.4 Å². The second-order valence-corrected chi connectivity index (χ2v) is 5.70. The van der Waals surface area contributed by atoms with Gasteiger partial charge in [0.25, 0.3) is 0 Å². The lowest BCUT2D eigenvalue weighted by molar-refractivity contribution is 0.232. The van der Waals surface area contributed by atoms with Gasteiger partial charge in [0, 0.05) is 25.0 Å². The second kappa shape index (κ2) is 7.08. The van der Waals surface area contributed by atoms with E-state index in [1.807, 2.05) is 57.3 Å². The molecule has 0 fully saturated rings. The van der Waals surface area contributed by atoms with Gasteiger partial charge in [0.15, 0.2) is 5.82 Å². The lowest BCUT2D eigenvalue weighted by atomic mass is 10.3. The third-order valence-electron chi connectivity index (χ3n) is 3.24. The first-order chi connectivity index (χ1) is 11.6. The van der Waals surface area contributed by atoms with Crippen molar-refractivity contribution >= 4 is 5.82 Å². The summed E-state index contributed by atoms with van der Waals surface area (Å²) >= 11 is 0.